The molecule has 0 fully saturated rings. The first-order valence-electron chi connectivity index (χ1n) is 8.84. The second-order valence-corrected chi connectivity index (χ2v) is 6.52. The number of benzene rings is 1. The van der Waals surface area contributed by atoms with Crippen LogP contribution in [0.25, 0.3) is 11.4 Å². The Morgan fingerprint density at radius 2 is 1.96 bits per heavy atom. The Balaban J connectivity index is 1.77. The third-order valence-corrected chi connectivity index (χ3v) is 4.11. The van der Waals surface area contributed by atoms with Gasteiger partial charge in [0.25, 0.3) is 5.91 Å². The van der Waals surface area contributed by atoms with Crippen molar-refractivity contribution < 1.29 is 4.79 Å². The van der Waals surface area contributed by atoms with E-state index in [4.69, 9.17) is 0 Å². The molecule has 0 saturated carbocycles. The van der Waals surface area contributed by atoms with E-state index in [9.17, 15) is 4.79 Å². The van der Waals surface area contributed by atoms with E-state index >= 15 is 0 Å². The fourth-order valence-corrected chi connectivity index (χ4v) is 2.74. The molecule has 138 valence electrons. The number of pyridine rings is 1. The largest absolute Gasteiger partial charge is 0.362 e. The smallest absolute Gasteiger partial charge is 0.256 e. The summed E-state index contributed by atoms with van der Waals surface area (Å²) < 4.78 is 0. The SMILES string of the molecule is Cc1cccc(-c2ncc(C(=O)NCCc3ccccn3)c(N(C)C)n2)c1. The number of nitrogens with one attached hydrogen (secondary N) is 1. The molecular weight excluding hydrogens is 338 g/mol. The van der Waals surface area contributed by atoms with Crippen LogP contribution in [0, 0.1) is 6.92 Å². The molecule has 6 nitrogen and oxygen atoms in total. The van der Waals surface area contributed by atoms with Crippen molar-refractivity contribution in [2.75, 3.05) is 25.5 Å². The van der Waals surface area contributed by atoms with Gasteiger partial charge in [0.2, 0.25) is 0 Å². The summed E-state index contributed by atoms with van der Waals surface area (Å²) in [4.78, 5) is 27.7. The first-order chi connectivity index (χ1) is 13.0. The predicted octanol–water partition coefficient (Wildman–Crippen LogP) is 2.89. The fourth-order valence-electron chi connectivity index (χ4n) is 2.74. The second kappa shape index (κ2) is 8.40. The minimum absolute atomic E-state index is 0.189. The van der Waals surface area contributed by atoms with Crippen molar-refractivity contribution in [3.8, 4) is 11.4 Å². The number of rotatable bonds is 6. The first kappa shape index (κ1) is 18.5. The highest BCUT2D eigenvalue weighted by Crippen LogP contribution is 2.21. The van der Waals surface area contributed by atoms with Gasteiger partial charge in [-0.05, 0) is 25.1 Å². The topological polar surface area (TPSA) is 71.0 Å². The number of carbonyl (C=O) groups excluding carboxylic acids is 1. The lowest BCUT2D eigenvalue weighted by Crippen LogP contribution is -2.28. The van der Waals surface area contributed by atoms with Crippen molar-refractivity contribution in [2.45, 2.75) is 13.3 Å². The standard InChI is InChI=1S/C21H23N5O/c1-15-7-6-8-16(13-15)19-24-14-18(20(25-19)26(2)3)21(27)23-12-10-17-9-4-5-11-22-17/h4-9,11,13-14H,10,12H2,1-3H3,(H,23,27). The van der Waals surface area contributed by atoms with Gasteiger partial charge < -0.3 is 10.2 Å². The van der Waals surface area contributed by atoms with Crippen LogP contribution in [0.15, 0.2) is 54.9 Å². The van der Waals surface area contributed by atoms with E-state index in [0.717, 1.165) is 16.8 Å². The highest BCUT2D eigenvalue weighted by Gasteiger charge is 2.17. The minimum Gasteiger partial charge on any atom is -0.362 e. The molecule has 0 atom stereocenters. The summed E-state index contributed by atoms with van der Waals surface area (Å²) in [5, 5.41) is 2.93. The highest BCUT2D eigenvalue weighted by atomic mass is 16.1. The number of aryl methyl sites for hydroxylation is 1. The van der Waals surface area contributed by atoms with Crippen molar-refractivity contribution >= 4 is 11.7 Å². The van der Waals surface area contributed by atoms with E-state index in [1.165, 1.54) is 0 Å². The van der Waals surface area contributed by atoms with Crippen LogP contribution >= 0.6 is 0 Å². The van der Waals surface area contributed by atoms with Gasteiger partial charge in [0.15, 0.2) is 5.82 Å². The van der Waals surface area contributed by atoms with Gasteiger partial charge in [-0.1, -0.05) is 29.8 Å². The van der Waals surface area contributed by atoms with Crippen LogP contribution in [-0.2, 0) is 6.42 Å². The number of hydrogen-bond acceptors (Lipinski definition) is 5. The first-order valence-corrected chi connectivity index (χ1v) is 8.84. The molecule has 3 aromatic rings. The van der Waals surface area contributed by atoms with Gasteiger partial charge >= 0.3 is 0 Å². The predicted molar refractivity (Wildman–Crippen MR) is 107 cm³/mol. The quantitative estimate of drug-likeness (QED) is 0.731. The van der Waals surface area contributed by atoms with Crippen molar-refractivity contribution in [1.82, 2.24) is 20.3 Å². The summed E-state index contributed by atoms with van der Waals surface area (Å²) in [6, 6.07) is 13.7. The lowest BCUT2D eigenvalue weighted by Gasteiger charge is -2.17. The van der Waals surface area contributed by atoms with Gasteiger partial charge in [-0.15, -0.1) is 0 Å². The summed E-state index contributed by atoms with van der Waals surface area (Å²) in [6.45, 7) is 2.53. The molecule has 0 bridgehead atoms. The van der Waals surface area contributed by atoms with E-state index in [1.807, 2.05) is 68.4 Å². The molecule has 1 aromatic carbocycles. The van der Waals surface area contributed by atoms with Gasteiger partial charge in [0.1, 0.15) is 11.4 Å². The number of anilines is 1. The molecule has 0 saturated heterocycles. The molecule has 6 heteroatoms. The molecule has 0 aliphatic rings. The number of amides is 1. The third-order valence-electron chi connectivity index (χ3n) is 4.11. The molecular formula is C21H23N5O. The van der Waals surface area contributed by atoms with Crippen molar-refractivity contribution in [1.29, 1.82) is 0 Å². The lowest BCUT2D eigenvalue weighted by atomic mass is 10.1. The highest BCUT2D eigenvalue weighted by molar-refractivity contribution is 5.98. The van der Waals surface area contributed by atoms with Crippen LogP contribution in [0.2, 0.25) is 0 Å². The van der Waals surface area contributed by atoms with E-state index < -0.39 is 0 Å². The molecule has 2 heterocycles. The number of nitrogens with zero attached hydrogens (tertiary/aromatic N) is 4. The molecule has 0 aliphatic heterocycles. The Morgan fingerprint density at radius 1 is 1.11 bits per heavy atom. The van der Waals surface area contributed by atoms with Crippen LogP contribution in [-0.4, -0.2) is 41.5 Å². The van der Waals surface area contributed by atoms with Crippen LogP contribution in [0.3, 0.4) is 0 Å². The van der Waals surface area contributed by atoms with E-state index in [2.05, 4.69) is 20.3 Å². The zero-order valence-corrected chi connectivity index (χ0v) is 15.8. The summed E-state index contributed by atoms with van der Waals surface area (Å²) in [5.74, 6) is 1.01. The average molecular weight is 361 g/mol. The van der Waals surface area contributed by atoms with E-state index in [1.54, 1.807) is 12.4 Å². The zero-order valence-electron chi connectivity index (χ0n) is 15.8. The van der Waals surface area contributed by atoms with Crippen molar-refractivity contribution in [3.63, 3.8) is 0 Å². The van der Waals surface area contributed by atoms with E-state index in [0.29, 0.717) is 30.2 Å². The Labute approximate surface area is 159 Å². The normalized spacial score (nSPS) is 10.5. The molecule has 2 aromatic heterocycles. The Kier molecular flexibility index (Phi) is 5.76. The van der Waals surface area contributed by atoms with Crippen molar-refractivity contribution in [2.24, 2.45) is 0 Å². The molecule has 0 unspecified atom stereocenters. The molecule has 0 radical (unpaired) electrons. The number of carbonyl (C=O) groups is 1. The molecule has 1 amide bonds. The minimum atomic E-state index is -0.189. The van der Waals surface area contributed by atoms with Crippen LogP contribution < -0.4 is 10.2 Å². The van der Waals surface area contributed by atoms with Crippen LogP contribution in [0.1, 0.15) is 21.6 Å². The van der Waals surface area contributed by atoms with Crippen LogP contribution in [0.5, 0.6) is 0 Å². The van der Waals surface area contributed by atoms with Crippen molar-refractivity contribution in [3.05, 3.63) is 71.7 Å². The molecule has 27 heavy (non-hydrogen) atoms. The maximum atomic E-state index is 12.6. The maximum absolute atomic E-state index is 12.6. The molecule has 0 spiro atoms. The van der Waals surface area contributed by atoms with Crippen LogP contribution in [0.4, 0.5) is 5.82 Å². The second-order valence-electron chi connectivity index (χ2n) is 6.52. The molecule has 0 aliphatic carbocycles. The number of hydrogen-bond donors (Lipinski definition) is 1. The summed E-state index contributed by atoms with van der Waals surface area (Å²) in [5.41, 5.74) is 3.47. The van der Waals surface area contributed by atoms with Gasteiger partial charge in [-0.3, -0.25) is 9.78 Å². The van der Waals surface area contributed by atoms with Gasteiger partial charge in [0, 0.05) is 50.7 Å². The van der Waals surface area contributed by atoms with Gasteiger partial charge in [-0.25, -0.2) is 9.97 Å². The lowest BCUT2D eigenvalue weighted by molar-refractivity contribution is 0.0954. The Hall–Kier alpha value is -3.28. The average Bonchev–Trinajstić information content (AvgIpc) is 2.68. The summed E-state index contributed by atoms with van der Waals surface area (Å²) in [7, 11) is 3.74. The third kappa shape index (κ3) is 4.67. The Bertz CT molecular complexity index is 925. The van der Waals surface area contributed by atoms with Gasteiger partial charge in [-0.2, -0.15) is 0 Å². The van der Waals surface area contributed by atoms with E-state index in [-0.39, 0.29) is 5.91 Å². The molecule has 3 rings (SSSR count). The molecule has 1 N–H and O–H groups in total. The Morgan fingerprint density at radius 3 is 2.67 bits per heavy atom. The summed E-state index contributed by atoms with van der Waals surface area (Å²) >= 11 is 0. The maximum Gasteiger partial charge on any atom is 0.256 e. The summed E-state index contributed by atoms with van der Waals surface area (Å²) in [6.07, 6.45) is 4.02. The zero-order chi connectivity index (χ0) is 19.2. The van der Waals surface area contributed by atoms with Gasteiger partial charge in [0.05, 0.1) is 0 Å². The fraction of sp³-hybridized carbons (Fsp3) is 0.238. The number of aromatic nitrogens is 3. The monoisotopic (exact) mass is 361 g/mol.